The van der Waals surface area contributed by atoms with E-state index in [9.17, 15) is 4.79 Å². The minimum atomic E-state index is -0.615. The summed E-state index contributed by atoms with van der Waals surface area (Å²) in [5.74, 6) is 1.90. The molecule has 0 aliphatic heterocycles. The van der Waals surface area contributed by atoms with Crippen molar-refractivity contribution in [1.82, 2.24) is 5.32 Å². The number of carbonyl (C=O) groups is 1. The summed E-state index contributed by atoms with van der Waals surface area (Å²) >= 11 is 0. The molecule has 1 N–H and O–H groups in total. The maximum Gasteiger partial charge on any atom is 0.230 e. The third-order valence-corrected chi connectivity index (χ3v) is 3.68. The predicted octanol–water partition coefficient (Wildman–Crippen LogP) is 3.14. The molecule has 4 nitrogen and oxygen atoms in total. The van der Waals surface area contributed by atoms with E-state index in [4.69, 9.17) is 9.47 Å². The molecule has 0 heterocycles. The molecule has 0 spiro atoms. The molecular formula is C17H27NO3. The highest BCUT2D eigenvalue weighted by Gasteiger charge is 2.30. The Kier molecular flexibility index (Phi) is 6.06. The number of benzene rings is 1. The Hall–Kier alpha value is -1.71. The Morgan fingerprint density at radius 2 is 1.81 bits per heavy atom. The molecule has 21 heavy (non-hydrogen) atoms. The monoisotopic (exact) mass is 293 g/mol. The topological polar surface area (TPSA) is 47.6 Å². The molecule has 0 saturated heterocycles. The van der Waals surface area contributed by atoms with Gasteiger partial charge in [-0.05, 0) is 43.9 Å². The third kappa shape index (κ3) is 4.38. The van der Waals surface area contributed by atoms with Crippen LogP contribution in [0.5, 0.6) is 11.5 Å². The molecule has 118 valence electrons. The first kappa shape index (κ1) is 17.3. The highest BCUT2D eigenvalue weighted by atomic mass is 16.5. The van der Waals surface area contributed by atoms with Crippen molar-refractivity contribution in [3.8, 4) is 11.5 Å². The molecule has 0 aliphatic rings. The molecule has 0 unspecified atom stereocenters. The largest absolute Gasteiger partial charge is 0.493 e. The molecular weight excluding hydrogens is 266 g/mol. The number of hydrogen-bond donors (Lipinski definition) is 1. The van der Waals surface area contributed by atoms with Gasteiger partial charge in [0.2, 0.25) is 5.91 Å². The second kappa shape index (κ2) is 7.34. The van der Waals surface area contributed by atoms with Crippen molar-refractivity contribution in [1.29, 1.82) is 0 Å². The smallest absolute Gasteiger partial charge is 0.230 e. The summed E-state index contributed by atoms with van der Waals surface area (Å²) < 4.78 is 10.5. The Bertz CT molecular complexity index is 481. The Labute approximate surface area is 127 Å². The van der Waals surface area contributed by atoms with Gasteiger partial charge in [0.25, 0.3) is 0 Å². The maximum atomic E-state index is 12.4. The summed E-state index contributed by atoms with van der Waals surface area (Å²) in [7, 11) is 3.19. The number of rotatable bonds is 7. The lowest BCUT2D eigenvalue weighted by Gasteiger charge is -2.25. The number of methoxy groups -OCH3 is 2. The van der Waals surface area contributed by atoms with Crippen LogP contribution in [0.1, 0.15) is 39.7 Å². The van der Waals surface area contributed by atoms with Crippen molar-refractivity contribution in [2.75, 3.05) is 20.8 Å². The lowest BCUT2D eigenvalue weighted by molar-refractivity contribution is -0.125. The first-order valence-corrected chi connectivity index (χ1v) is 7.33. The van der Waals surface area contributed by atoms with Gasteiger partial charge in [0.1, 0.15) is 0 Å². The van der Waals surface area contributed by atoms with E-state index in [0.29, 0.717) is 24.0 Å². The fraction of sp³-hybridized carbons (Fsp3) is 0.588. The maximum absolute atomic E-state index is 12.4. The van der Waals surface area contributed by atoms with Gasteiger partial charge in [0, 0.05) is 6.54 Å². The Balaban J connectivity index is 2.88. The minimum absolute atomic E-state index is 0.0235. The zero-order valence-corrected chi connectivity index (χ0v) is 13.9. The van der Waals surface area contributed by atoms with E-state index in [0.717, 1.165) is 12.0 Å². The molecule has 1 aromatic rings. The van der Waals surface area contributed by atoms with Gasteiger partial charge in [-0.25, -0.2) is 0 Å². The van der Waals surface area contributed by atoms with E-state index in [-0.39, 0.29) is 5.91 Å². The second-order valence-corrected chi connectivity index (χ2v) is 6.13. The predicted molar refractivity (Wildman–Crippen MR) is 85.0 cm³/mol. The first-order chi connectivity index (χ1) is 9.82. The highest BCUT2D eigenvalue weighted by Crippen LogP contribution is 2.33. The normalized spacial score (nSPS) is 11.4. The van der Waals surface area contributed by atoms with Gasteiger partial charge in [-0.1, -0.05) is 19.9 Å². The zero-order chi connectivity index (χ0) is 16.0. The van der Waals surface area contributed by atoms with Crippen LogP contribution in [0.25, 0.3) is 0 Å². The van der Waals surface area contributed by atoms with Crippen LogP contribution in [-0.4, -0.2) is 26.7 Å². The van der Waals surface area contributed by atoms with Crippen LogP contribution >= 0.6 is 0 Å². The van der Waals surface area contributed by atoms with Crippen LogP contribution in [0.4, 0.5) is 0 Å². The van der Waals surface area contributed by atoms with Gasteiger partial charge >= 0.3 is 0 Å². The third-order valence-electron chi connectivity index (χ3n) is 3.68. The molecule has 0 bridgehead atoms. The second-order valence-electron chi connectivity index (χ2n) is 6.13. The molecule has 4 heteroatoms. The van der Waals surface area contributed by atoms with E-state index in [1.807, 2.05) is 32.0 Å². The molecule has 0 saturated carbocycles. The quantitative estimate of drug-likeness (QED) is 0.840. The molecule has 1 aromatic carbocycles. The first-order valence-electron chi connectivity index (χ1n) is 7.33. The van der Waals surface area contributed by atoms with Gasteiger partial charge in [-0.2, -0.15) is 0 Å². The van der Waals surface area contributed by atoms with Crippen LogP contribution in [0.2, 0.25) is 0 Å². The van der Waals surface area contributed by atoms with E-state index >= 15 is 0 Å². The number of ether oxygens (including phenoxy) is 2. The van der Waals surface area contributed by atoms with Crippen molar-refractivity contribution < 1.29 is 14.3 Å². The molecule has 0 aliphatic carbocycles. The fourth-order valence-electron chi connectivity index (χ4n) is 2.05. The molecule has 0 radical (unpaired) electrons. The van der Waals surface area contributed by atoms with Crippen molar-refractivity contribution in [2.45, 2.75) is 39.5 Å². The summed E-state index contributed by atoms with van der Waals surface area (Å²) in [6.45, 7) is 8.82. The number of hydrogen-bond acceptors (Lipinski definition) is 3. The van der Waals surface area contributed by atoms with Gasteiger partial charge in [0.15, 0.2) is 11.5 Å². The molecule has 0 aromatic heterocycles. The molecule has 1 amide bonds. The van der Waals surface area contributed by atoms with Crippen molar-refractivity contribution in [2.24, 2.45) is 5.92 Å². The Morgan fingerprint density at radius 1 is 1.19 bits per heavy atom. The van der Waals surface area contributed by atoms with Crippen LogP contribution in [0.3, 0.4) is 0 Å². The summed E-state index contributed by atoms with van der Waals surface area (Å²) in [6.07, 6.45) is 0.980. The summed E-state index contributed by atoms with van der Waals surface area (Å²) in [5, 5.41) is 3.01. The van der Waals surface area contributed by atoms with Gasteiger partial charge in [0.05, 0.1) is 19.6 Å². The van der Waals surface area contributed by atoms with Crippen molar-refractivity contribution >= 4 is 5.91 Å². The summed E-state index contributed by atoms with van der Waals surface area (Å²) in [4.78, 5) is 12.4. The van der Waals surface area contributed by atoms with E-state index in [2.05, 4.69) is 19.2 Å². The fourth-order valence-corrected chi connectivity index (χ4v) is 2.05. The van der Waals surface area contributed by atoms with E-state index in [1.165, 1.54) is 0 Å². The molecule has 0 atom stereocenters. The number of nitrogens with one attached hydrogen (secondary N) is 1. The van der Waals surface area contributed by atoms with Crippen LogP contribution in [0, 0.1) is 5.92 Å². The lowest BCUT2D eigenvalue weighted by Crippen LogP contribution is -2.40. The standard InChI is InChI=1S/C17H27NO3/c1-12(2)9-10-18-16(19)17(3,4)13-7-8-14(20-5)15(11-13)21-6/h7-8,11-12H,9-10H2,1-6H3,(H,18,19). The van der Waals surface area contributed by atoms with Crippen molar-refractivity contribution in [3.05, 3.63) is 23.8 Å². The average molecular weight is 293 g/mol. The van der Waals surface area contributed by atoms with Crippen LogP contribution in [-0.2, 0) is 10.2 Å². The van der Waals surface area contributed by atoms with Gasteiger partial charge in [-0.3, -0.25) is 4.79 Å². The molecule has 1 rings (SSSR count). The van der Waals surface area contributed by atoms with Crippen molar-refractivity contribution in [3.63, 3.8) is 0 Å². The van der Waals surface area contributed by atoms with E-state index < -0.39 is 5.41 Å². The summed E-state index contributed by atoms with van der Waals surface area (Å²) in [6, 6.07) is 5.60. The van der Waals surface area contributed by atoms with Gasteiger partial charge in [-0.15, -0.1) is 0 Å². The average Bonchev–Trinajstić information content (AvgIpc) is 2.45. The number of amides is 1. The minimum Gasteiger partial charge on any atom is -0.493 e. The SMILES string of the molecule is COc1ccc(C(C)(C)C(=O)NCCC(C)C)cc1OC. The zero-order valence-electron chi connectivity index (χ0n) is 13.9. The lowest BCUT2D eigenvalue weighted by atomic mass is 9.83. The van der Waals surface area contributed by atoms with Crippen LogP contribution in [0.15, 0.2) is 18.2 Å². The van der Waals surface area contributed by atoms with Crippen LogP contribution < -0.4 is 14.8 Å². The number of carbonyl (C=O) groups excluding carboxylic acids is 1. The Morgan fingerprint density at radius 3 is 2.33 bits per heavy atom. The van der Waals surface area contributed by atoms with Gasteiger partial charge < -0.3 is 14.8 Å². The highest BCUT2D eigenvalue weighted by molar-refractivity contribution is 5.87. The molecule has 0 fully saturated rings. The summed E-state index contributed by atoms with van der Waals surface area (Å²) in [5.41, 5.74) is 0.290. The van der Waals surface area contributed by atoms with E-state index in [1.54, 1.807) is 14.2 Å².